The average molecular weight is 228 g/mol. The third-order valence-corrected chi connectivity index (χ3v) is 2.87. The summed E-state index contributed by atoms with van der Waals surface area (Å²) < 4.78 is 0. The van der Waals surface area contributed by atoms with Gasteiger partial charge in [-0.1, -0.05) is 11.6 Å². The summed E-state index contributed by atoms with van der Waals surface area (Å²) in [6.45, 7) is 0. The first-order chi connectivity index (χ1) is 7.79. The van der Waals surface area contributed by atoms with Gasteiger partial charge in [-0.15, -0.1) is 0 Å². The lowest BCUT2D eigenvalue weighted by Gasteiger charge is -2.01. The molecule has 1 N–H and O–H groups in total. The van der Waals surface area contributed by atoms with E-state index < -0.39 is 0 Å². The molecule has 0 aliphatic carbocycles. The van der Waals surface area contributed by atoms with E-state index in [9.17, 15) is 0 Å². The number of nitrogens with one attached hydrogen (secondary N) is 1. The fourth-order valence-electron chi connectivity index (χ4n) is 1.83. The largest absolute Gasteiger partial charge is 0.361 e. The van der Waals surface area contributed by atoms with Crippen LogP contribution in [-0.2, 0) is 0 Å². The smallest absolute Gasteiger partial charge is 0.139 e. The lowest BCUT2D eigenvalue weighted by Crippen LogP contribution is -1.84. The molecule has 0 aliphatic rings. The molecule has 0 unspecified atom stereocenters. The summed E-state index contributed by atoms with van der Waals surface area (Å²) in [6, 6.07) is 9.35. The predicted octanol–water partition coefficient (Wildman–Crippen LogP) is 3.24. The zero-order valence-corrected chi connectivity index (χ0v) is 8.92. The molecule has 3 aromatic rings. The SMILES string of the molecule is N#Cc1ccc2nc(Cl)c3cc[nH]c3c2c1. The van der Waals surface area contributed by atoms with Crippen molar-refractivity contribution in [3.8, 4) is 6.07 Å². The lowest BCUT2D eigenvalue weighted by molar-refractivity contribution is 1.42. The average Bonchev–Trinajstić information content (AvgIpc) is 2.78. The van der Waals surface area contributed by atoms with E-state index in [-0.39, 0.29) is 0 Å². The quantitative estimate of drug-likeness (QED) is 0.600. The second kappa shape index (κ2) is 3.22. The van der Waals surface area contributed by atoms with Gasteiger partial charge in [0.2, 0.25) is 0 Å². The summed E-state index contributed by atoms with van der Waals surface area (Å²) in [4.78, 5) is 7.41. The van der Waals surface area contributed by atoms with Crippen LogP contribution in [0.2, 0.25) is 5.15 Å². The first-order valence-electron chi connectivity index (χ1n) is 4.76. The minimum atomic E-state index is 0.480. The van der Waals surface area contributed by atoms with Crippen molar-refractivity contribution in [2.45, 2.75) is 0 Å². The zero-order valence-electron chi connectivity index (χ0n) is 8.16. The van der Waals surface area contributed by atoms with Crippen LogP contribution >= 0.6 is 11.6 Å². The Morgan fingerprint density at radius 3 is 2.94 bits per heavy atom. The number of halogens is 1. The highest BCUT2D eigenvalue weighted by Crippen LogP contribution is 2.28. The third-order valence-electron chi connectivity index (χ3n) is 2.58. The lowest BCUT2D eigenvalue weighted by atomic mass is 10.1. The minimum Gasteiger partial charge on any atom is -0.361 e. The summed E-state index contributed by atoms with van der Waals surface area (Å²) in [5.74, 6) is 0. The van der Waals surface area contributed by atoms with Crippen LogP contribution in [0.4, 0.5) is 0 Å². The molecule has 1 aromatic carbocycles. The molecule has 0 saturated carbocycles. The molecular formula is C12H6ClN3. The Balaban J connectivity index is 2.56. The molecule has 0 amide bonds. The van der Waals surface area contributed by atoms with Crippen LogP contribution in [-0.4, -0.2) is 9.97 Å². The Hall–Kier alpha value is -2.05. The molecular weight excluding hydrogens is 222 g/mol. The number of aromatic amines is 1. The van der Waals surface area contributed by atoms with E-state index in [2.05, 4.69) is 16.0 Å². The molecule has 3 nitrogen and oxygen atoms in total. The van der Waals surface area contributed by atoms with Crippen LogP contribution < -0.4 is 0 Å². The normalized spacial score (nSPS) is 10.8. The second-order valence-corrected chi connectivity index (χ2v) is 3.87. The molecule has 3 rings (SSSR count). The number of benzene rings is 1. The Morgan fingerprint density at radius 1 is 1.25 bits per heavy atom. The maximum absolute atomic E-state index is 8.87. The number of nitriles is 1. The van der Waals surface area contributed by atoms with Crippen LogP contribution in [0.15, 0.2) is 30.5 Å². The van der Waals surface area contributed by atoms with Crippen LogP contribution in [0.3, 0.4) is 0 Å². The topological polar surface area (TPSA) is 52.5 Å². The van der Waals surface area contributed by atoms with Crippen molar-refractivity contribution >= 4 is 33.4 Å². The Kier molecular flexibility index (Phi) is 1.85. The molecule has 2 heterocycles. The van der Waals surface area contributed by atoms with E-state index in [1.807, 2.05) is 18.3 Å². The molecule has 0 aliphatic heterocycles. The first kappa shape index (κ1) is 9.20. The van der Waals surface area contributed by atoms with Crippen molar-refractivity contribution in [1.29, 1.82) is 5.26 Å². The molecule has 76 valence electrons. The van der Waals surface area contributed by atoms with Gasteiger partial charge in [-0.2, -0.15) is 5.26 Å². The van der Waals surface area contributed by atoms with E-state index >= 15 is 0 Å². The number of H-pyrrole nitrogens is 1. The van der Waals surface area contributed by atoms with Crippen molar-refractivity contribution in [3.63, 3.8) is 0 Å². The van der Waals surface area contributed by atoms with Crippen LogP contribution in [0.1, 0.15) is 5.56 Å². The molecule has 0 saturated heterocycles. The summed E-state index contributed by atoms with van der Waals surface area (Å²) in [5, 5.41) is 11.1. The highest BCUT2D eigenvalue weighted by Gasteiger charge is 2.07. The van der Waals surface area contributed by atoms with Crippen LogP contribution in [0.5, 0.6) is 0 Å². The van der Waals surface area contributed by atoms with E-state index in [4.69, 9.17) is 16.9 Å². The van der Waals surface area contributed by atoms with Gasteiger partial charge >= 0.3 is 0 Å². The van der Waals surface area contributed by atoms with Crippen LogP contribution in [0.25, 0.3) is 21.8 Å². The maximum atomic E-state index is 8.87. The van der Waals surface area contributed by atoms with E-state index in [0.717, 1.165) is 21.8 Å². The van der Waals surface area contributed by atoms with Crippen molar-refractivity contribution in [2.24, 2.45) is 0 Å². The first-order valence-corrected chi connectivity index (χ1v) is 5.14. The van der Waals surface area contributed by atoms with Gasteiger partial charge < -0.3 is 4.98 Å². The molecule has 0 fully saturated rings. The summed E-state index contributed by atoms with van der Waals surface area (Å²) in [6.07, 6.45) is 1.82. The summed E-state index contributed by atoms with van der Waals surface area (Å²) in [5.41, 5.74) is 2.33. The van der Waals surface area contributed by atoms with Gasteiger partial charge in [-0.05, 0) is 24.3 Å². The maximum Gasteiger partial charge on any atom is 0.139 e. The van der Waals surface area contributed by atoms with Gasteiger partial charge in [0, 0.05) is 17.0 Å². The Labute approximate surface area is 96.3 Å². The van der Waals surface area contributed by atoms with Crippen LogP contribution in [0, 0.1) is 11.3 Å². The molecule has 16 heavy (non-hydrogen) atoms. The Bertz CT molecular complexity index is 737. The van der Waals surface area contributed by atoms with Crippen molar-refractivity contribution in [1.82, 2.24) is 9.97 Å². The summed E-state index contributed by atoms with van der Waals surface area (Å²) in [7, 11) is 0. The van der Waals surface area contributed by atoms with Crippen molar-refractivity contribution in [3.05, 3.63) is 41.2 Å². The highest BCUT2D eigenvalue weighted by atomic mass is 35.5. The highest BCUT2D eigenvalue weighted by molar-refractivity contribution is 6.35. The number of rotatable bonds is 0. The molecule has 0 atom stereocenters. The predicted molar refractivity (Wildman–Crippen MR) is 63.3 cm³/mol. The van der Waals surface area contributed by atoms with Gasteiger partial charge in [0.05, 0.1) is 22.7 Å². The fourth-order valence-corrected chi connectivity index (χ4v) is 2.08. The number of aromatic nitrogens is 2. The third kappa shape index (κ3) is 1.17. The van der Waals surface area contributed by atoms with Gasteiger partial charge in [0.25, 0.3) is 0 Å². The molecule has 0 spiro atoms. The zero-order chi connectivity index (χ0) is 11.1. The van der Waals surface area contributed by atoms with E-state index in [1.165, 1.54) is 0 Å². The monoisotopic (exact) mass is 227 g/mol. The minimum absolute atomic E-state index is 0.480. The molecule has 0 radical (unpaired) electrons. The summed E-state index contributed by atoms with van der Waals surface area (Å²) >= 11 is 6.05. The molecule has 2 aromatic heterocycles. The van der Waals surface area contributed by atoms with Gasteiger partial charge in [-0.25, -0.2) is 4.98 Å². The number of nitrogens with zero attached hydrogens (tertiary/aromatic N) is 2. The molecule has 4 heteroatoms. The van der Waals surface area contributed by atoms with Crippen molar-refractivity contribution < 1.29 is 0 Å². The molecule has 0 bridgehead atoms. The Morgan fingerprint density at radius 2 is 2.12 bits per heavy atom. The standard InChI is InChI=1S/C12H6ClN3/c13-12-8-3-4-15-11(8)9-5-7(6-14)1-2-10(9)16-12/h1-5,15H. The number of hydrogen-bond donors (Lipinski definition) is 1. The second-order valence-electron chi connectivity index (χ2n) is 3.51. The number of pyridine rings is 1. The van der Waals surface area contributed by atoms with Gasteiger partial charge in [0.15, 0.2) is 0 Å². The number of fused-ring (bicyclic) bond motifs is 3. The van der Waals surface area contributed by atoms with Gasteiger partial charge in [-0.3, -0.25) is 0 Å². The van der Waals surface area contributed by atoms with E-state index in [0.29, 0.717) is 10.7 Å². The van der Waals surface area contributed by atoms with Crippen molar-refractivity contribution in [2.75, 3.05) is 0 Å². The van der Waals surface area contributed by atoms with Gasteiger partial charge in [0.1, 0.15) is 5.15 Å². The fraction of sp³-hybridized carbons (Fsp3) is 0. The number of hydrogen-bond acceptors (Lipinski definition) is 2. The van der Waals surface area contributed by atoms with E-state index in [1.54, 1.807) is 12.1 Å².